The number of aryl methyl sites for hydroxylation is 2. The molecule has 5 nitrogen and oxygen atoms in total. The van der Waals surface area contributed by atoms with Crippen molar-refractivity contribution in [1.29, 1.82) is 0 Å². The van der Waals surface area contributed by atoms with Crippen LogP contribution in [0.5, 0.6) is 5.75 Å². The van der Waals surface area contributed by atoms with E-state index in [0.29, 0.717) is 19.6 Å². The predicted octanol–water partition coefficient (Wildman–Crippen LogP) is 5.07. The van der Waals surface area contributed by atoms with E-state index < -0.39 is 0 Å². The third-order valence-electron chi connectivity index (χ3n) is 5.52. The minimum Gasteiger partial charge on any atom is -0.494 e. The summed E-state index contributed by atoms with van der Waals surface area (Å²) in [5.74, 6) is 0.865. The number of thiazole rings is 1. The fraction of sp³-hybridized carbons (Fsp3) is 0.417. The summed E-state index contributed by atoms with van der Waals surface area (Å²) in [6, 6.07) is 12.0. The second-order valence-corrected chi connectivity index (χ2v) is 8.80. The second kappa shape index (κ2) is 9.14. The zero-order valence-electron chi connectivity index (χ0n) is 17.8. The molecule has 1 fully saturated rings. The number of carbonyl (C=O) groups excluding carboxylic acids is 1. The number of anilines is 1. The molecule has 4 rings (SSSR count). The van der Waals surface area contributed by atoms with Crippen LogP contribution in [0.25, 0.3) is 10.2 Å². The minimum absolute atomic E-state index is 0.0437. The first-order valence-electron chi connectivity index (χ1n) is 10.5. The summed E-state index contributed by atoms with van der Waals surface area (Å²) in [5.41, 5.74) is 4.37. The van der Waals surface area contributed by atoms with Crippen LogP contribution in [0.4, 0.5) is 5.13 Å². The van der Waals surface area contributed by atoms with E-state index >= 15 is 0 Å². The van der Waals surface area contributed by atoms with Crippen LogP contribution in [0.1, 0.15) is 36.5 Å². The van der Waals surface area contributed by atoms with Crippen LogP contribution in [0.2, 0.25) is 0 Å². The highest BCUT2D eigenvalue weighted by Crippen LogP contribution is 2.32. The molecule has 0 aliphatic carbocycles. The van der Waals surface area contributed by atoms with Crippen molar-refractivity contribution in [2.45, 2.75) is 46.1 Å². The number of aromatic nitrogens is 1. The number of amides is 1. The van der Waals surface area contributed by atoms with E-state index in [0.717, 1.165) is 46.1 Å². The van der Waals surface area contributed by atoms with Crippen LogP contribution in [0.15, 0.2) is 36.4 Å². The van der Waals surface area contributed by atoms with Gasteiger partial charge in [0.05, 0.1) is 35.9 Å². The van der Waals surface area contributed by atoms with Crippen molar-refractivity contribution in [2.24, 2.45) is 0 Å². The lowest BCUT2D eigenvalue weighted by atomic mass is 10.1. The number of ether oxygens (including phenoxy) is 2. The van der Waals surface area contributed by atoms with E-state index in [-0.39, 0.29) is 12.0 Å². The Morgan fingerprint density at radius 2 is 2.00 bits per heavy atom. The van der Waals surface area contributed by atoms with E-state index in [4.69, 9.17) is 14.5 Å². The largest absolute Gasteiger partial charge is 0.494 e. The summed E-state index contributed by atoms with van der Waals surface area (Å²) in [4.78, 5) is 20.0. The molecular weight excluding hydrogens is 396 g/mol. The van der Waals surface area contributed by atoms with Crippen molar-refractivity contribution in [3.63, 3.8) is 0 Å². The quantitative estimate of drug-likeness (QED) is 0.532. The molecule has 1 saturated heterocycles. The Morgan fingerprint density at radius 3 is 2.70 bits per heavy atom. The van der Waals surface area contributed by atoms with Crippen molar-refractivity contribution >= 4 is 32.6 Å². The molecule has 6 heteroatoms. The molecule has 1 amide bonds. The van der Waals surface area contributed by atoms with Crippen molar-refractivity contribution in [2.75, 3.05) is 24.7 Å². The molecule has 1 aromatic heterocycles. The van der Waals surface area contributed by atoms with Crippen molar-refractivity contribution in [3.8, 4) is 5.75 Å². The van der Waals surface area contributed by atoms with Gasteiger partial charge < -0.3 is 9.47 Å². The minimum atomic E-state index is 0.0437. The van der Waals surface area contributed by atoms with Gasteiger partial charge in [-0.1, -0.05) is 23.5 Å². The van der Waals surface area contributed by atoms with Gasteiger partial charge in [0.2, 0.25) is 5.91 Å². The van der Waals surface area contributed by atoms with E-state index in [1.54, 1.807) is 11.3 Å². The molecule has 0 N–H and O–H groups in total. The number of rotatable bonds is 7. The summed E-state index contributed by atoms with van der Waals surface area (Å²) >= 11 is 1.58. The Bertz CT molecular complexity index is 984. The molecule has 0 unspecified atom stereocenters. The fourth-order valence-corrected chi connectivity index (χ4v) is 4.77. The Labute approximate surface area is 181 Å². The number of benzene rings is 2. The second-order valence-electron chi connectivity index (χ2n) is 7.79. The number of hydrogen-bond donors (Lipinski definition) is 0. The van der Waals surface area contributed by atoms with Crippen LogP contribution in [-0.4, -0.2) is 36.8 Å². The zero-order valence-corrected chi connectivity index (χ0v) is 18.6. The SMILES string of the molecule is CCOc1ccc(CC(=O)N(C[C@H]2CCCO2)c2nc3cc(C)c(C)cc3s2)cc1. The molecule has 0 spiro atoms. The van der Waals surface area contributed by atoms with Crippen LogP contribution in [0, 0.1) is 13.8 Å². The highest BCUT2D eigenvalue weighted by molar-refractivity contribution is 7.22. The van der Waals surface area contributed by atoms with Gasteiger partial charge in [0.15, 0.2) is 5.13 Å². The fourth-order valence-electron chi connectivity index (χ4n) is 3.70. The van der Waals surface area contributed by atoms with Gasteiger partial charge in [-0.2, -0.15) is 0 Å². The molecule has 2 heterocycles. The lowest BCUT2D eigenvalue weighted by Crippen LogP contribution is -2.38. The predicted molar refractivity (Wildman–Crippen MR) is 122 cm³/mol. The van der Waals surface area contributed by atoms with Gasteiger partial charge in [0.25, 0.3) is 0 Å². The van der Waals surface area contributed by atoms with Crippen LogP contribution in [0.3, 0.4) is 0 Å². The molecule has 1 atom stereocenters. The molecule has 0 radical (unpaired) electrons. The number of nitrogens with zero attached hydrogens (tertiary/aromatic N) is 2. The van der Waals surface area contributed by atoms with E-state index in [2.05, 4.69) is 26.0 Å². The smallest absolute Gasteiger partial charge is 0.233 e. The van der Waals surface area contributed by atoms with Crippen LogP contribution < -0.4 is 9.64 Å². The topological polar surface area (TPSA) is 51.7 Å². The van der Waals surface area contributed by atoms with Gasteiger partial charge in [-0.25, -0.2) is 4.98 Å². The number of fused-ring (bicyclic) bond motifs is 1. The first kappa shape index (κ1) is 20.8. The molecule has 158 valence electrons. The molecule has 1 aliphatic rings. The maximum absolute atomic E-state index is 13.3. The standard InChI is InChI=1S/C24H28N2O3S/c1-4-28-19-9-7-18(8-10-19)14-23(27)26(15-20-6-5-11-29-20)24-25-21-12-16(2)17(3)13-22(21)30-24/h7-10,12-13,20H,4-6,11,14-15H2,1-3H3/t20-/m1/s1. The summed E-state index contributed by atoms with van der Waals surface area (Å²) in [6.45, 7) is 8.10. The lowest BCUT2D eigenvalue weighted by Gasteiger charge is -2.23. The Hall–Kier alpha value is -2.44. The zero-order chi connectivity index (χ0) is 21.1. The summed E-state index contributed by atoms with van der Waals surface area (Å²) in [6.07, 6.45) is 2.43. The monoisotopic (exact) mass is 424 g/mol. The summed E-state index contributed by atoms with van der Waals surface area (Å²) < 4.78 is 12.4. The van der Waals surface area contributed by atoms with Crippen LogP contribution in [-0.2, 0) is 16.0 Å². The molecule has 30 heavy (non-hydrogen) atoms. The van der Waals surface area contributed by atoms with E-state index in [9.17, 15) is 4.79 Å². The average Bonchev–Trinajstić information content (AvgIpc) is 3.38. The number of carbonyl (C=O) groups is 1. The lowest BCUT2D eigenvalue weighted by molar-refractivity contribution is -0.118. The first-order valence-corrected chi connectivity index (χ1v) is 11.4. The third kappa shape index (κ3) is 4.65. The summed E-state index contributed by atoms with van der Waals surface area (Å²) in [5, 5.41) is 0.751. The number of hydrogen-bond acceptors (Lipinski definition) is 5. The highest BCUT2D eigenvalue weighted by atomic mass is 32.1. The normalized spacial score (nSPS) is 16.2. The molecule has 2 aromatic carbocycles. The maximum Gasteiger partial charge on any atom is 0.233 e. The highest BCUT2D eigenvalue weighted by Gasteiger charge is 2.26. The van der Waals surface area contributed by atoms with Gasteiger partial charge in [-0.3, -0.25) is 9.69 Å². The van der Waals surface area contributed by atoms with Gasteiger partial charge in [-0.05, 0) is 74.6 Å². The van der Waals surface area contributed by atoms with Crippen molar-refractivity contribution in [1.82, 2.24) is 4.98 Å². The Kier molecular flexibility index (Phi) is 6.35. The van der Waals surface area contributed by atoms with E-state index in [1.165, 1.54) is 11.1 Å². The summed E-state index contributed by atoms with van der Waals surface area (Å²) in [7, 11) is 0. The van der Waals surface area contributed by atoms with Gasteiger partial charge in [0.1, 0.15) is 5.75 Å². The molecule has 0 saturated carbocycles. The average molecular weight is 425 g/mol. The molecular formula is C24H28N2O3S. The third-order valence-corrected chi connectivity index (χ3v) is 6.57. The van der Waals surface area contributed by atoms with Crippen LogP contribution >= 0.6 is 11.3 Å². The Morgan fingerprint density at radius 1 is 1.23 bits per heavy atom. The van der Waals surface area contributed by atoms with Gasteiger partial charge in [-0.15, -0.1) is 0 Å². The molecule has 1 aliphatic heterocycles. The first-order chi connectivity index (χ1) is 14.5. The Balaban J connectivity index is 1.59. The van der Waals surface area contributed by atoms with Gasteiger partial charge >= 0.3 is 0 Å². The van der Waals surface area contributed by atoms with Crippen molar-refractivity contribution in [3.05, 3.63) is 53.1 Å². The molecule has 3 aromatic rings. The molecule has 0 bridgehead atoms. The van der Waals surface area contributed by atoms with Gasteiger partial charge in [0, 0.05) is 6.61 Å². The van der Waals surface area contributed by atoms with E-state index in [1.807, 2.05) is 36.1 Å². The van der Waals surface area contributed by atoms with Crippen molar-refractivity contribution < 1.29 is 14.3 Å². The maximum atomic E-state index is 13.3.